The van der Waals surface area contributed by atoms with E-state index in [0.29, 0.717) is 0 Å². The number of carbonyl (C=O) groups is 8. The van der Waals surface area contributed by atoms with Gasteiger partial charge >= 0.3 is 12.2 Å². The first kappa shape index (κ1) is 30.3. The second-order valence-electron chi connectivity index (χ2n) is 11.8. The van der Waals surface area contributed by atoms with E-state index < -0.39 is 82.0 Å². The van der Waals surface area contributed by atoms with Crippen molar-refractivity contribution in [3.63, 3.8) is 0 Å². The summed E-state index contributed by atoms with van der Waals surface area (Å²) in [6.45, 7) is 12.3. The van der Waals surface area contributed by atoms with Gasteiger partial charge in [-0.05, 0) is 67.5 Å². The monoisotopic (exact) mass is 556 g/mol. The molecule has 0 aliphatic heterocycles. The molecule has 3 rings (SSSR count). The summed E-state index contributed by atoms with van der Waals surface area (Å²) < 4.78 is 10.2. The van der Waals surface area contributed by atoms with Crippen LogP contribution in [-0.2, 0) is 19.1 Å². The van der Waals surface area contributed by atoms with Crippen molar-refractivity contribution < 1.29 is 47.8 Å². The molecule has 0 aromatic heterocycles. The van der Waals surface area contributed by atoms with Crippen molar-refractivity contribution in [2.24, 2.45) is 11.8 Å². The number of ether oxygens (including phenoxy) is 2. The first-order chi connectivity index (χ1) is 18.2. The predicted octanol–water partition coefficient (Wildman–Crippen LogP) is 2.64. The van der Waals surface area contributed by atoms with E-state index in [9.17, 15) is 38.4 Å². The zero-order valence-corrected chi connectivity index (χ0v) is 23.5. The SMILES string of the molecule is C[C@H](NC(=O)OC(C)(C)C)C(=O)C1C(=O)c2cc3c(cc2C1=O)C(=O)C(C(=O)[C@H](C)NC(=O)OC(C)(C)C)C3=O. The van der Waals surface area contributed by atoms with Crippen LogP contribution in [0.1, 0.15) is 96.8 Å². The van der Waals surface area contributed by atoms with E-state index in [-0.39, 0.29) is 22.3 Å². The van der Waals surface area contributed by atoms with Gasteiger partial charge in [-0.15, -0.1) is 0 Å². The van der Waals surface area contributed by atoms with Crippen LogP contribution in [0, 0.1) is 11.8 Å². The molecule has 0 bridgehead atoms. The van der Waals surface area contributed by atoms with E-state index in [1.165, 1.54) is 13.8 Å². The number of hydrogen-bond acceptors (Lipinski definition) is 10. The third kappa shape index (κ3) is 6.00. The van der Waals surface area contributed by atoms with Crippen molar-refractivity contribution in [2.75, 3.05) is 0 Å². The molecule has 12 nitrogen and oxygen atoms in total. The molecule has 2 amide bonds. The van der Waals surface area contributed by atoms with Crippen LogP contribution in [0.3, 0.4) is 0 Å². The summed E-state index contributed by atoms with van der Waals surface area (Å²) in [5, 5.41) is 4.59. The van der Waals surface area contributed by atoms with Crippen LogP contribution in [0.25, 0.3) is 0 Å². The molecule has 2 atom stereocenters. The maximum absolute atomic E-state index is 13.1. The van der Waals surface area contributed by atoms with Gasteiger partial charge in [-0.2, -0.15) is 0 Å². The zero-order valence-electron chi connectivity index (χ0n) is 23.5. The van der Waals surface area contributed by atoms with Gasteiger partial charge in [0.25, 0.3) is 0 Å². The number of hydrogen-bond donors (Lipinski definition) is 2. The smallest absolute Gasteiger partial charge is 0.408 e. The molecule has 40 heavy (non-hydrogen) atoms. The molecule has 0 unspecified atom stereocenters. The third-order valence-corrected chi connectivity index (χ3v) is 6.16. The lowest BCUT2D eigenvalue weighted by molar-refractivity contribution is -0.122. The summed E-state index contributed by atoms with van der Waals surface area (Å²) in [6, 6.07) is -0.413. The first-order valence-electron chi connectivity index (χ1n) is 12.6. The van der Waals surface area contributed by atoms with Gasteiger partial charge in [-0.1, -0.05) is 0 Å². The number of benzene rings is 1. The lowest BCUT2D eigenvalue weighted by Gasteiger charge is -2.22. The normalized spacial score (nSPS) is 17.2. The van der Waals surface area contributed by atoms with Gasteiger partial charge in [-0.3, -0.25) is 28.8 Å². The van der Waals surface area contributed by atoms with E-state index in [1.807, 2.05) is 0 Å². The first-order valence-corrected chi connectivity index (χ1v) is 12.6. The maximum atomic E-state index is 13.1. The number of amides is 2. The number of carbonyl (C=O) groups excluding carboxylic acids is 8. The van der Waals surface area contributed by atoms with Crippen LogP contribution < -0.4 is 10.6 Å². The maximum Gasteiger partial charge on any atom is 0.408 e. The number of rotatable bonds is 6. The van der Waals surface area contributed by atoms with Gasteiger partial charge in [0.2, 0.25) is 0 Å². The highest BCUT2D eigenvalue weighted by Gasteiger charge is 2.50. The second-order valence-corrected chi connectivity index (χ2v) is 11.8. The Hall–Kier alpha value is -4.22. The van der Waals surface area contributed by atoms with Crippen molar-refractivity contribution in [3.05, 3.63) is 34.4 Å². The van der Waals surface area contributed by atoms with Gasteiger partial charge in [-0.25, -0.2) is 9.59 Å². The topological polar surface area (TPSA) is 179 Å². The molecular formula is C28H32N2O10. The van der Waals surface area contributed by atoms with E-state index in [2.05, 4.69) is 10.6 Å². The Morgan fingerprint density at radius 3 is 1.07 bits per heavy atom. The van der Waals surface area contributed by atoms with E-state index in [1.54, 1.807) is 41.5 Å². The van der Waals surface area contributed by atoms with Crippen LogP contribution in [0.5, 0.6) is 0 Å². The minimum atomic E-state index is -1.77. The molecule has 0 fully saturated rings. The van der Waals surface area contributed by atoms with E-state index >= 15 is 0 Å². The standard InChI is InChI=1S/C28H32N2O10/c1-11(29-25(37)39-27(3,4)5)19(31)17-21(33)13-9-15-16(10-14(13)22(17)34)24(36)18(23(15)35)20(32)12(2)30-26(38)40-28(6,7)8/h9-12,17-18H,1-8H3,(H,29,37)(H,30,38)/t11-,12-,17?,18?/m0/s1. The molecule has 0 heterocycles. The average molecular weight is 557 g/mol. The largest absolute Gasteiger partial charge is 0.444 e. The van der Waals surface area contributed by atoms with E-state index in [0.717, 1.165) is 12.1 Å². The van der Waals surface area contributed by atoms with Gasteiger partial charge in [0.05, 0.1) is 12.1 Å². The van der Waals surface area contributed by atoms with Crippen LogP contribution in [0.15, 0.2) is 12.1 Å². The fourth-order valence-corrected chi connectivity index (χ4v) is 4.40. The number of ketones is 6. The lowest BCUT2D eigenvalue weighted by atomic mass is 9.93. The second kappa shape index (κ2) is 10.4. The predicted molar refractivity (Wildman–Crippen MR) is 138 cm³/mol. The molecule has 2 N–H and O–H groups in total. The Labute approximate surface area is 230 Å². The van der Waals surface area contributed by atoms with E-state index in [4.69, 9.17) is 9.47 Å². The van der Waals surface area contributed by atoms with Crippen molar-refractivity contribution in [3.8, 4) is 0 Å². The average Bonchev–Trinajstić information content (AvgIpc) is 3.18. The molecule has 0 radical (unpaired) electrons. The molecular weight excluding hydrogens is 524 g/mol. The lowest BCUT2D eigenvalue weighted by Crippen LogP contribution is -2.46. The molecule has 1 aromatic carbocycles. The number of alkyl carbamates (subject to hydrolysis) is 2. The van der Waals surface area contributed by atoms with Crippen molar-refractivity contribution in [2.45, 2.75) is 78.7 Å². The number of Topliss-reactive ketones (excluding diaryl/α,β-unsaturated/α-hetero) is 6. The number of fused-ring (bicyclic) bond motifs is 2. The van der Waals surface area contributed by atoms with Gasteiger partial charge in [0, 0.05) is 22.3 Å². The Bertz CT molecular complexity index is 1210. The van der Waals surface area contributed by atoms with Crippen LogP contribution >= 0.6 is 0 Å². The fraction of sp³-hybridized carbons (Fsp3) is 0.500. The molecule has 2 aliphatic rings. The van der Waals surface area contributed by atoms with Crippen LogP contribution in [0.4, 0.5) is 9.59 Å². The third-order valence-electron chi connectivity index (χ3n) is 6.16. The summed E-state index contributed by atoms with van der Waals surface area (Å²) >= 11 is 0. The zero-order chi connectivity index (χ0) is 30.5. The fourth-order valence-electron chi connectivity index (χ4n) is 4.40. The molecule has 12 heteroatoms. The number of nitrogens with one attached hydrogen (secondary N) is 2. The molecule has 0 spiro atoms. The van der Waals surface area contributed by atoms with Gasteiger partial charge < -0.3 is 20.1 Å². The summed E-state index contributed by atoms with van der Waals surface area (Å²) in [4.78, 5) is 102. The van der Waals surface area contributed by atoms with Crippen molar-refractivity contribution in [1.29, 1.82) is 0 Å². The molecule has 214 valence electrons. The van der Waals surface area contributed by atoms with Crippen molar-refractivity contribution >= 4 is 46.9 Å². The highest BCUT2D eigenvalue weighted by atomic mass is 16.6. The highest BCUT2D eigenvalue weighted by Crippen LogP contribution is 2.36. The minimum absolute atomic E-state index is 0.235. The molecule has 2 aliphatic carbocycles. The molecule has 0 saturated carbocycles. The molecule has 0 saturated heterocycles. The quantitative estimate of drug-likeness (QED) is 0.495. The molecule has 1 aromatic rings. The Morgan fingerprint density at radius 2 is 0.850 bits per heavy atom. The summed E-state index contributed by atoms with van der Waals surface area (Å²) in [7, 11) is 0. The van der Waals surface area contributed by atoms with Crippen LogP contribution in [0.2, 0.25) is 0 Å². The summed E-state index contributed by atoms with van der Waals surface area (Å²) in [6.07, 6.45) is -1.82. The van der Waals surface area contributed by atoms with Gasteiger partial charge in [0.15, 0.2) is 34.7 Å². The minimum Gasteiger partial charge on any atom is -0.444 e. The Kier molecular flexibility index (Phi) is 7.88. The van der Waals surface area contributed by atoms with Crippen molar-refractivity contribution in [1.82, 2.24) is 10.6 Å². The Balaban J connectivity index is 1.81. The Morgan fingerprint density at radius 1 is 0.600 bits per heavy atom. The summed E-state index contributed by atoms with van der Waals surface area (Å²) in [5.74, 6) is -8.87. The van der Waals surface area contributed by atoms with Crippen LogP contribution in [-0.4, -0.2) is 70.2 Å². The highest BCUT2D eigenvalue weighted by molar-refractivity contribution is 6.40. The summed E-state index contributed by atoms with van der Waals surface area (Å²) in [5.41, 5.74) is -2.63. The van der Waals surface area contributed by atoms with Gasteiger partial charge in [0.1, 0.15) is 23.0 Å².